The number of hydrazone groups is 1. The maximum absolute atomic E-state index is 11.9. The summed E-state index contributed by atoms with van der Waals surface area (Å²) in [5.41, 5.74) is 5.21. The van der Waals surface area contributed by atoms with E-state index in [0.29, 0.717) is 5.75 Å². The minimum Gasteiger partial charge on any atom is -0.495 e. The predicted octanol–water partition coefficient (Wildman–Crippen LogP) is 3.04. The van der Waals surface area contributed by atoms with Crippen molar-refractivity contribution in [3.63, 3.8) is 0 Å². The SMILES string of the molecule is CC/C(=N\NC(=O)CNc1ccccc1OC)c1ccccc1. The Bertz CT molecular complexity index is 669. The van der Waals surface area contributed by atoms with Crippen LogP contribution in [0.2, 0.25) is 0 Å². The lowest BCUT2D eigenvalue weighted by molar-refractivity contribution is -0.119. The third-order valence-electron chi connectivity index (χ3n) is 3.30. The maximum Gasteiger partial charge on any atom is 0.259 e. The molecule has 0 heterocycles. The molecule has 0 unspecified atom stereocenters. The van der Waals surface area contributed by atoms with Crippen molar-refractivity contribution in [1.29, 1.82) is 0 Å². The second kappa shape index (κ2) is 8.58. The Morgan fingerprint density at radius 3 is 2.48 bits per heavy atom. The van der Waals surface area contributed by atoms with E-state index in [1.54, 1.807) is 7.11 Å². The summed E-state index contributed by atoms with van der Waals surface area (Å²) in [4.78, 5) is 11.9. The highest BCUT2D eigenvalue weighted by molar-refractivity contribution is 6.00. The quantitative estimate of drug-likeness (QED) is 0.610. The van der Waals surface area contributed by atoms with Gasteiger partial charge >= 0.3 is 0 Å². The van der Waals surface area contributed by atoms with Gasteiger partial charge in [-0.2, -0.15) is 5.10 Å². The van der Waals surface area contributed by atoms with Crippen molar-refractivity contribution in [2.75, 3.05) is 19.0 Å². The average molecular weight is 311 g/mol. The Balaban J connectivity index is 1.93. The van der Waals surface area contributed by atoms with Crippen LogP contribution in [0.1, 0.15) is 18.9 Å². The molecule has 5 nitrogen and oxygen atoms in total. The van der Waals surface area contributed by atoms with Gasteiger partial charge in [0.25, 0.3) is 5.91 Å². The van der Waals surface area contributed by atoms with Crippen molar-refractivity contribution in [3.8, 4) is 5.75 Å². The van der Waals surface area contributed by atoms with Crippen molar-refractivity contribution in [3.05, 3.63) is 60.2 Å². The highest BCUT2D eigenvalue weighted by atomic mass is 16.5. The van der Waals surface area contributed by atoms with Gasteiger partial charge in [0.2, 0.25) is 0 Å². The van der Waals surface area contributed by atoms with E-state index in [0.717, 1.165) is 23.4 Å². The molecule has 5 heteroatoms. The minimum atomic E-state index is -0.210. The van der Waals surface area contributed by atoms with E-state index < -0.39 is 0 Å². The Labute approximate surface area is 136 Å². The van der Waals surface area contributed by atoms with E-state index in [1.807, 2.05) is 61.5 Å². The fraction of sp³-hybridized carbons (Fsp3) is 0.222. The number of benzene rings is 2. The first kappa shape index (κ1) is 16.5. The van der Waals surface area contributed by atoms with Crippen molar-refractivity contribution in [2.24, 2.45) is 5.10 Å². The average Bonchev–Trinajstić information content (AvgIpc) is 2.61. The Morgan fingerprint density at radius 2 is 1.78 bits per heavy atom. The number of ether oxygens (including phenoxy) is 1. The monoisotopic (exact) mass is 311 g/mol. The third-order valence-corrected chi connectivity index (χ3v) is 3.30. The van der Waals surface area contributed by atoms with Crippen molar-refractivity contribution >= 4 is 17.3 Å². The number of nitrogens with one attached hydrogen (secondary N) is 2. The van der Waals surface area contributed by atoms with Crippen molar-refractivity contribution in [2.45, 2.75) is 13.3 Å². The molecule has 0 spiro atoms. The number of carbonyl (C=O) groups excluding carboxylic acids is 1. The number of anilines is 1. The van der Waals surface area contributed by atoms with Gasteiger partial charge in [0.05, 0.1) is 25.1 Å². The number of carbonyl (C=O) groups is 1. The fourth-order valence-corrected chi connectivity index (χ4v) is 2.11. The third kappa shape index (κ3) is 4.85. The number of para-hydroxylation sites is 2. The second-order valence-corrected chi connectivity index (χ2v) is 4.87. The van der Waals surface area contributed by atoms with Crippen LogP contribution in [0, 0.1) is 0 Å². The highest BCUT2D eigenvalue weighted by Crippen LogP contribution is 2.22. The lowest BCUT2D eigenvalue weighted by atomic mass is 10.1. The molecule has 1 amide bonds. The molecule has 0 aliphatic carbocycles. The van der Waals surface area contributed by atoms with Gasteiger partial charge in [-0.25, -0.2) is 5.43 Å². The number of hydrogen-bond acceptors (Lipinski definition) is 4. The summed E-state index contributed by atoms with van der Waals surface area (Å²) in [6.45, 7) is 2.13. The molecule has 2 aromatic carbocycles. The molecule has 0 saturated heterocycles. The molecule has 0 aliphatic rings. The molecule has 0 atom stereocenters. The number of methoxy groups -OCH3 is 1. The molecule has 0 saturated carbocycles. The first-order valence-electron chi connectivity index (χ1n) is 7.52. The fourth-order valence-electron chi connectivity index (χ4n) is 2.11. The van der Waals surface area contributed by atoms with Crippen LogP contribution in [0.3, 0.4) is 0 Å². The van der Waals surface area contributed by atoms with E-state index in [1.165, 1.54) is 0 Å². The molecule has 2 aromatic rings. The standard InChI is InChI=1S/C18H21N3O2/c1-3-15(14-9-5-4-6-10-14)20-21-18(22)13-19-16-11-7-8-12-17(16)23-2/h4-12,19H,3,13H2,1-2H3,(H,21,22)/b20-15+. The zero-order chi connectivity index (χ0) is 16.5. The molecule has 23 heavy (non-hydrogen) atoms. The first-order chi connectivity index (χ1) is 11.2. The van der Waals surface area contributed by atoms with Crippen LogP contribution in [0.5, 0.6) is 5.75 Å². The molecule has 2 N–H and O–H groups in total. The van der Waals surface area contributed by atoms with Gasteiger partial charge in [0.15, 0.2) is 0 Å². The number of amides is 1. The zero-order valence-corrected chi connectivity index (χ0v) is 13.4. The van der Waals surface area contributed by atoms with Gasteiger partial charge < -0.3 is 10.1 Å². The van der Waals surface area contributed by atoms with Crippen LogP contribution in [0.15, 0.2) is 59.7 Å². The Morgan fingerprint density at radius 1 is 1.09 bits per heavy atom. The number of rotatable bonds is 7. The summed E-state index contributed by atoms with van der Waals surface area (Å²) in [6.07, 6.45) is 0.740. The lowest BCUT2D eigenvalue weighted by Gasteiger charge is -2.10. The molecular formula is C18H21N3O2. The highest BCUT2D eigenvalue weighted by Gasteiger charge is 2.05. The molecule has 2 rings (SSSR count). The van der Waals surface area contributed by atoms with Crippen LogP contribution in [-0.4, -0.2) is 25.3 Å². The van der Waals surface area contributed by atoms with Gasteiger partial charge in [-0.1, -0.05) is 49.4 Å². The van der Waals surface area contributed by atoms with Gasteiger partial charge in [-0.3, -0.25) is 4.79 Å². The number of hydrogen-bond donors (Lipinski definition) is 2. The largest absolute Gasteiger partial charge is 0.495 e. The summed E-state index contributed by atoms with van der Waals surface area (Å²) in [5.74, 6) is 0.486. The summed E-state index contributed by atoms with van der Waals surface area (Å²) in [7, 11) is 1.60. The Kier molecular flexibility index (Phi) is 6.17. The molecule has 0 aromatic heterocycles. The first-order valence-corrected chi connectivity index (χ1v) is 7.52. The smallest absolute Gasteiger partial charge is 0.259 e. The Hall–Kier alpha value is -2.82. The van der Waals surface area contributed by atoms with E-state index in [9.17, 15) is 4.79 Å². The van der Waals surface area contributed by atoms with Gasteiger partial charge in [-0.05, 0) is 24.1 Å². The van der Waals surface area contributed by atoms with Crippen LogP contribution in [0.25, 0.3) is 0 Å². The second-order valence-electron chi connectivity index (χ2n) is 4.87. The van der Waals surface area contributed by atoms with Crippen LogP contribution in [-0.2, 0) is 4.79 Å². The normalized spacial score (nSPS) is 11.0. The molecule has 0 fully saturated rings. The van der Waals surface area contributed by atoms with Crippen molar-refractivity contribution in [1.82, 2.24) is 5.43 Å². The summed E-state index contributed by atoms with van der Waals surface area (Å²) < 4.78 is 5.23. The van der Waals surface area contributed by atoms with Crippen molar-refractivity contribution < 1.29 is 9.53 Å². The van der Waals surface area contributed by atoms with Crippen LogP contribution < -0.4 is 15.5 Å². The van der Waals surface area contributed by atoms with E-state index in [2.05, 4.69) is 15.8 Å². The number of nitrogens with zero attached hydrogens (tertiary/aromatic N) is 1. The zero-order valence-electron chi connectivity index (χ0n) is 13.4. The topological polar surface area (TPSA) is 62.7 Å². The van der Waals surface area contributed by atoms with Gasteiger partial charge in [-0.15, -0.1) is 0 Å². The summed E-state index contributed by atoms with van der Waals surface area (Å²) >= 11 is 0. The minimum absolute atomic E-state index is 0.121. The van der Waals surface area contributed by atoms with E-state index in [4.69, 9.17) is 4.74 Å². The van der Waals surface area contributed by atoms with Crippen LogP contribution in [0.4, 0.5) is 5.69 Å². The molecule has 0 aliphatic heterocycles. The molecule has 0 bridgehead atoms. The molecule has 0 radical (unpaired) electrons. The lowest BCUT2D eigenvalue weighted by Crippen LogP contribution is -2.27. The summed E-state index contributed by atoms with van der Waals surface area (Å²) in [6, 6.07) is 17.2. The van der Waals surface area contributed by atoms with E-state index in [-0.39, 0.29) is 12.5 Å². The molecular weight excluding hydrogens is 290 g/mol. The van der Waals surface area contributed by atoms with Gasteiger partial charge in [0.1, 0.15) is 5.75 Å². The van der Waals surface area contributed by atoms with E-state index >= 15 is 0 Å². The van der Waals surface area contributed by atoms with Gasteiger partial charge in [0, 0.05) is 0 Å². The predicted molar refractivity (Wildman–Crippen MR) is 92.9 cm³/mol. The maximum atomic E-state index is 11.9. The molecule has 120 valence electrons. The van der Waals surface area contributed by atoms with Crippen LogP contribution >= 0.6 is 0 Å². The summed E-state index contributed by atoms with van der Waals surface area (Å²) in [5, 5.41) is 7.25.